The first-order valence-corrected chi connectivity index (χ1v) is 12.6. The molecule has 0 aliphatic carbocycles. The Kier molecular flexibility index (Phi) is 6.64. The predicted octanol–water partition coefficient (Wildman–Crippen LogP) is 1.92. The summed E-state index contributed by atoms with van der Waals surface area (Å²) in [7, 11) is 3.96. The molecule has 0 radical (unpaired) electrons. The molecule has 4 heterocycles. The summed E-state index contributed by atoms with van der Waals surface area (Å²) >= 11 is 1.23. The second-order valence-electron chi connectivity index (χ2n) is 8.91. The van der Waals surface area contributed by atoms with Crippen molar-refractivity contribution in [2.75, 3.05) is 69.3 Å². The number of aromatic nitrogens is 3. The van der Waals surface area contributed by atoms with Gasteiger partial charge in [0.15, 0.2) is 0 Å². The first-order valence-electron chi connectivity index (χ1n) is 11.8. The van der Waals surface area contributed by atoms with Crippen molar-refractivity contribution in [3.8, 4) is 10.6 Å². The standard InChI is InChI=1S/C24H32N8OS/c1-18-22(34-24(33)29(18)3)21-8-9-26-23(27-21)32(31-16-14-28(2)15-17-31)20-6-4-19(5-7-20)30-12-10-25-11-13-30/h4-9,25H,10-17H2,1-3H3. The van der Waals surface area contributed by atoms with E-state index in [0.717, 1.165) is 74.3 Å². The van der Waals surface area contributed by atoms with Crippen LogP contribution in [0.1, 0.15) is 5.69 Å². The average molecular weight is 481 g/mol. The van der Waals surface area contributed by atoms with Crippen molar-refractivity contribution < 1.29 is 0 Å². The van der Waals surface area contributed by atoms with E-state index in [4.69, 9.17) is 4.98 Å². The van der Waals surface area contributed by atoms with Crippen LogP contribution in [-0.2, 0) is 7.05 Å². The third-order valence-corrected chi connectivity index (χ3v) is 7.86. The van der Waals surface area contributed by atoms with Gasteiger partial charge in [0, 0.05) is 77.0 Å². The molecule has 1 N–H and O–H groups in total. The van der Waals surface area contributed by atoms with Gasteiger partial charge < -0.3 is 19.7 Å². The maximum absolute atomic E-state index is 12.2. The van der Waals surface area contributed by atoms with Crippen molar-refractivity contribution in [2.24, 2.45) is 7.05 Å². The summed E-state index contributed by atoms with van der Waals surface area (Å²) in [6.45, 7) is 9.77. The lowest BCUT2D eigenvalue weighted by molar-refractivity contribution is 0.153. The zero-order valence-corrected chi connectivity index (χ0v) is 20.9. The molecule has 0 amide bonds. The number of rotatable bonds is 5. The largest absolute Gasteiger partial charge is 0.369 e. The SMILES string of the molecule is Cc1c(-c2ccnc(N(c3ccc(N4CCNCC4)cc3)N3CCN(C)CC3)n2)sc(=O)n1C. The topological polar surface area (TPSA) is 72.8 Å². The predicted molar refractivity (Wildman–Crippen MR) is 138 cm³/mol. The number of likely N-dealkylation sites (N-methyl/N-ethyl adjacent to an activating group) is 1. The Morgan fingerprint density at radius 3 is 2.32 bits per heavy atom. The number of nitrogens with zero attached hydrogens (tertiary/aromatic N) is 7. The van der Waals surface area contributed by atoms with E-state index in [1.165, 1.54) is 17.0 Å². The molecular formula is C24H32N8OS. The van der Waals surface area contributed by atoms with Gasteiger partial charge in [0.25, 0.3) is 0 Å². The zero-order valence-electron chi connectivity index (χ0n) is 20.1. The van der Waals surface area contributed by atoms with Gasteiger partial charge >= 0.3 is 4.87 Å². The molecule has 0 unspecified atom stereocenters. The van der Waals surface area contributed by atoms with Crippen LogP contribution >= 0.6 is 11.3 Å². The van der Waals surface area contributed by atoms with Gasteiger partial charge in [-0.3, -0.25) is 4.79 Å². The maximum Gasteiger partial charge on any atom is 0.307 e. The smallest absolute Gasteiger partial charge is 0.307 e. The Morgan fingerprint density at radius 2 is 1.68 bits per heavy atom. The third kappa shape index (κ3) is 4.58. The molecule has 2 saturated heterocycles. The van der Waals surface area contributed by atoms with E-state index in [0.29, 0.717) is 5.95 Å². The first kappa shape index (κ1) is 23.0. The van der Waals surface area contributed by atoms with E-state index in [2.05, 4.69) is 61.4 Å². The van der Waals surface area contributed by atoms with Crippen LogP contribution in [0, 0.1) is 6.92 Å². The molecule has 0 atom stereocenters. The lowest BCUT2D eigenvalue weighted by atomic mass is 10.2. The molecule has 2 aliphatic heterocycles. The van der Waals surface area contributed by atoms with Gasteiger partial charge in [-0.25, -0.2) is 20.0 Å². The number of anilines is 3. The minimum atomic E-state index is 0.0205. The fourth-order valence-electron chi connectivity index (χ4n) is 4.46. The van der Waals surface area contributed by atoms with Crippen LogP contribution in [0.15, 0.2) is 41.3 Å². The van der Waals surface area contributed by atoms with E-state index in [-0.39, 0.29) is 4.87 Å². The van der Waals surface area contributed by atoms with Gasteiger partial charge in [0.05, 0.1) is 16.3 Å². The van der Waals surface area contributed by atoms with E-state index >= 15 is 0 Å². The average Bonchev–Trinajstić information content (AvgIpc) is 3.14. The molecule has 1 aromatic carbocycles. The van der Waals surface area contributed by atoms with Crippen LogP contribution < -0.4 is 20.1 Å². The Morgan fingerprint density at radius 1 is 0.971 bits per heavy atom. The van der Waals surface area contributed by atoms with E-state index < -0.39 is 0 Å². The van der Waals surface area contributed by atoms with Gasteiger partial charge in [-0.05, 0) is 44.3 Å². The summed E-state index contributed by atoms with van der Waals surface area (Å²) in [5.74, 6) is 0.625. The monoisotopic (exact) mass is 480 g/mol. The summed E-state index contributed by atoms with van der Waals surface area (Å²) < 4.78 is 1.68. The molecule has 34 heavy (non-hydrogen) atoms. The molecule has 3 aromatic rings. The molecule has 180 valence electrons. The highest BCUT2D eigenvalue weighted by Gasteiger charge is 2.25. The van der Waals surface area contributed by atoms with Crippen LogP contribution in [0.3, 0.4) is 0 Å². The highest BCUT2D eigenvalue weighted by molar-refractivity contribution is 7.13. The normalized spacial score (nSPS) is 17.8. The van der Waals surface area contributed by atoms with Crippen LogP contribution in [-0.4, -0.2) is 83.8 Å². The van der Waals surface area contributed by atoms with Gasteiger partial charge in [0.1, 0.15) is 0 Å². The first-order chi connectivity index (χ1) is 16.5. The number of piperazine rings is 2. The highest BCUT2D eigenvalue weighted by Crippen LogP contribution is 2.31. The molecule has 2 aliphatic rings. The molecule has 2 aromatic heterocycles. The van der Waals surface area contributed by atoms with Crippen LogP contribution in [0.2, 0.25) is 0 Å². The fourth-order valence-corrected chi connectivity index (χ4v) is 5.41. The molecule has 5 rings (SSSR count). The molecular weight excluding hydrogens is 448 g/mol. The zero-order chi connectivity index (χ0) is 23.7. The summed E-state index contributed by atoms with van der Waals surface area (Å²) in [4.78, 5) is 27.5. The Bertz CT molecular complexity index is 1180. The van der Waals surface area contributed by atoms with Crippen LogP contribution in [0.4, 0.5) is 17.3 Å². The summed E-state index contributed by atoms with van der Waals surface area (Å²) in [6, 6.07) is 10.6. The van der Waals surface area contributed by atoms with Crippen molar-refractivity contribution in [3.63, 3.8) is 0 Å². The fraction of sp³-hybridized carbons (Fsp3) is 0.458. The lowest BCUT2D eigenvalue weighted by Gasteiger charge is -2.40. The highest BCUT2D eigenvalue weighted by atomic mass is 32.1. The molecule has 0 saturated carbocycles. The Balaban J connectivity index is 1.50. The Labute approximate surface area is 204 Å². The second kappa shape index (κ2) is 9.83. The quantitative estimate of drug-likeness (QED) is 0.594. The molecule has 0 spiro atoms. The molecule has 0 bridgehead atoms. The number of nitrogens with one attached hydrogen (secondary N) is 1. The lowest BCUT2D eigenvalue weighted by Crippen LogP contribution is -2.51. The number of benzene rings is 1. The van der Waals surface area contributed by atoms with Crippen molar-refractivity contribution in [1.29, 1.82) is 0 Å². The van der Waals surface area contributed by atoms with Crippen molar-refractivity contribution >= 4 is 28.7 Å². The summed E-state index contributed by atoms with van der Waals surface area (Å²) in [5.41, 5.74) is 3.98. The van der Waals surface area contributed by atoms with Crippen molar-refractivity contribution in [2.45, 2.75) is 6.92 Å². The third-order valence-electron chi connectivity index (χ3n) is 6.70. The van der Waals surface area contributed by atoms with E-state index in [1.807, 2.05) is 13.0 Å². The molecule has 2 fully saturated rings. The summed E-state index contributed by atoms with van der Waals surface area (Å²) in [6.07, 6.45) is 1.79. The van der Waals surface area contributed by atoms with Gasteiger partial charge in [-0.1, -0.05) is 11.3 Å². The number of hydrogen-bond acceptors (Lipinski definition) is 9. The molecule has 9 nitrogen and oxygen atoms in total. The number of thiazole rings is 1. The van der Waals surface area contributed by atoms with Gasteiger partial charge in [0.2, 0.25) is 5.95 Å². The van der Waals surface area contributed by atoms with Crippen molar-refractivity contribution in [3.05, 3.63) is 51.9 Å². The summed E-state index contributed by atoms with van der Waals surface area (Å²) in [5, 5.41) is 7.87. The van der Waals surface area contributed by atoms with Crippen LogP contribution in [0.5, 0.6) is 0 Å². The number of hydrazine groups is 1. The Hall–Kier alpha value is -2.79. The van der Waals surface area contributed by atoms with Crippen molar-refractivity contribution in [1.82, 2.24) is 29.8 Å². The van der Waals surface area contributed by atoms with Crippen LogP contribution in [0.25, 0.3) is 10.6 Å². The molecule has 10 heteroatoms. The van der Waals surface area contributed by atoms with Gasteiger partial charge in [-0.15, -0.1) is 0 Å². The van der Waals surface area contributed by atoms with E-state index in [1.54, 1.807) is 17.8 Å². The van der Waals surface area contributed by atoms with E-state index in [9.17, 15) is 4.79 Å². The second-order valence-corrected chi connectivity index (χ2v) is 9.87. The minimum absolute atomic E-state index is 0.0205. The maximum atomic E-state index is 12.2. The minimum Gasteiger partial charge on any atom is -0.369 e. The van der Waals surface area contributed by atoms with Gasteiger partial charge in [-0.2, -0.15) is 0 Å². The number of hydrogen-bond donors (Lipinski definition) is 1.